The maximum atomic E-state index is 10.1. The highest BCUT2D eigenvalue weighted by Gasteiger charge is 2.03. The number of halogens is 4. The van der Waals surface area contributed by atoms with Gasteiger partial charge < -0.3 is 10.0 Å². The Labute approximate surface area is 180 Å². The van der Waals surface area contributed by atoms with Gasteiger partial charge in [0.2, 0.25) is 5.88 Å². The van der Waals surface area contributed by atoms with Crippen molar-refractivity contribution in [1.29, 1.82) is 0 Å². The molecule has 0 saturated heterocycles. The van der Waals surface area contributed by atoms with Crippen LogP contribution in [-0.4, -0.2) is 40.4 Å². The highest BCUT2D eigenvalue weighted by atomic mass is 36.0. The molecule has 6 nitrogen and oxygen atoms in total. The van der Waals surface area contributed by atoms with Crippen molar-refractivity contribution in [3.63, 3.8) is 0 Å². The third-order valence-corrected chi connectivity index (χ3v) is 3.85. The molecule has 2 rings (SSSR count). The number of aromatic hydroxyl groups is 1. The zero-order chi connectivity index (χ0) is 20.9. The molecule has 2 aromatic rings. The van der Waals surface area contributed by atoms with Crippen LogP contribution in [0, 0.1) is 13.8 Å². The van der Waals surface area contributed by atoms with Gasteiger partial charge in [0.25, 0.3) is 0 Å². The van der Waals surface area contributed by atoms with Gasteiger partial charge in [-0.1, -0.05) is 18.2 Å². The van der Waals surface area contributed by atoms with Crippen LogP contribution in [0.4, 0.5) is 0 Å². The lowest BCUT2D eigenvalue weighted by atomic mass is 10.6. The van der Waals surface area contributed by atoms with Crippen LogP contribution in [0.1, 0.15) is 19.7 Å². The second-order valence-electron chi connectivity index (χ2n) is 4.28. The number of carbonyl (C=O) groups excluding carboxylic acids is 1. The zero-order valence-electron chi connectivity index (χ0n) is 14.3. The van der Waals surface area contributed by atoms with Crippen molar-refractivity contribution in [1.82, 2.24) is 14.9 Å². The van der Waals surface area contributed by atoms with E-state index in [1.54, 1.807) is 11.6 Å². The zero-order valence-corrected chi connectivity index (χ0v) is 19.9. The fourth-order valence-electron chi connectivity index (χ4n) is 0.842. The Morgan fingerprint density at radius 3 is 1.81 bits per heavy atom. The fourth-order valence-corrected chi connectivity index (χ4v) is 2.29. The van der Waals surface area contributed by atoms with Crippen LogP contribution in [0.25, 0.3) is 0 Å². The molecule has 148 valence electrons. The van der Waals surface area contributed by atoms with Crippen LogP contribution in [-0.2, 0) is 4.57 Å². The molecule has 13 heteroatoms. The first-order valence-corrected chi connectivity index (χ1v) is 13.0. The van der Waals surface area contributed by atoms with Gasteiger partial charge in [-0.3, -0.25) is 9.36 Å². The summed E-state index contributed by atoms with van der Waals surface area (Å²) in [6.07, 6.45) is 2.47. The van der Waals surface area contributed by atoms with Crippen molar-refractivity contribution in [3.05, 3.63) is 38.2 Å². The van der Waals surface area contributed by atoms with E-state index in [0.717, 1.165) is 10.0 Å². The molecule has 0 spiro atoms. The quantitative estimate of drug-likeness (QED) is 0.370. The fraction of sp³-hybridized carbons (Fsp3) is 0.308. The predicted octanol–water partition coefficient (Wildman–Crippen LogP) is 6.58. The van der Waals surface area contributed by atoms with Crippen LogP contribution in [0.3, 0.4) is 0 Å². The average molecular weight is 501 g/mol. The molecule has 0 bridgehead atoms. The van der Waals surface area contributed by atoms with Crippen molar-refractivity contribution < 1.29 is 14.5 Å². The van der Waals surface area contributed by atoms with E-state index in [9.17, 15) is 9.36 Å². The van der Waals surface area contributed by atoms with Crippen molar-refractivity contribution >= 4 is 79.5 Å². The Bertz CT molecular complexity index is 695. The minimum absolute atomic E-state index is 0.127. The monoisotopic (exact) mass is 499 g/mol. The second-order valence-corrected chi connectivity index (χ2v) is 13.6. The number of carbonyl (C=O) groups is 1. The van der Waals surface area contributed by atoms with Gasteiger partial charge in [-0.25, -0.2) is 9.97 Å². The summed E-state index contributed by atoms with van der Waals surface area (Å²) in [5, 5.41) is 8.97. The Balaban J connectivity index is 0. The molecular weight excluding hydrogens is 483 g/mol. The van der Waals surface area contributed by atoms with Crippen LogP contribution in [0.15, 0.2) is 18.2 Å². The van der Waals surface area contributed by atoms with E-state index in [-0.39, 0.29) is 5.88 Å². The summed E-state index contributed by atoms with van der Waals surface area (Å²) in [4.78, 5) is 20.0. The molecule has 2 aromatic heterocycles. The molecule has 2 heterocycles. The van der Waals surface area contributed by atoms with Gasteiger partial charge in [0.05, 0.1) is 15.4 Å². The summed E-state index contributed by atoms with van der Waals surface area (Å²) in [6, 6.07) is 0. The van der Waals surface area contributed by atoms with E-state index in [4.69, 9.17) is 16.7 Å². The molecular formula is C13H18Cl4N3O3PS2. The van der Waals surface area contributed by atoms with E-state index in [1.165, 1.54) is 22.7 Å². The predicted molar refractivity (Wildman–Crippen MR) is 115 cm³/mol. The third-order valence-electron chi connectivity index (χ3n) is 1.80. The average Bonchev–Trinajstić information content (AvgIpc) is 3.02. The normalized spacial score (nSPS) is 9.38. The van der Waals surface area contributed by atoms with E-state index < -0.39 is 5.20 Å². The van der Waals surface area contributed by atoms with Gasteiger partial charge in [0.1, 0.15) is 4.88 Å². The van der Waals surface area contributed by atoms with Gasteiger partial charge in [-0.15, -0.1) is 22.7 Å². The molecule has 1 N–H and O–H groups in total. The number of aldehydes is 1. The summed E-state index contributed by atoms with van der Waals surface area (Å²) in [6.45, 7) is 7.15. The summed E-state index contributed by atoms with van der Waals surface area (Å²) >= 11 is 22.1. The SMILES string of the molecule is C=CN(C)C.Cc1nc(Cl)c(C=O)s1.Cc1nc(O)cs1.O=P(Cl)(Cl)Cl. The summed E-state index contributed by atoms with van der Waals surface area (Å²) in [5.74, 6) is 0.127. The first-order chi connectivity index (χ1) is 11.8. The topological polar surface area (TPSA) is 83.4 Å². The number of hydrogen-bond donors (Lipinski definition) is 1. The van der Waals surface area contributed by atoms with Crippen LogP contribution in [0.5, 0.6) is 5.88 Å². The lowest BCUT2D eigenvalue weighted by Gasteiger charge is -1.98. The Morgan fingerprint density at radius 2 is 1.69 bits per heavy atom. The van der Waals surface area contributed by atoms with Gasteiger partial charge in [-0.2, -0.15) is 0 Å². The molecule has 0 fully saturated rings. The number of rotatable bonds is 2. The van der Waals surface area contributed by atoms with Gasteiger partial charge in [-0.05, 0) is 53.8 Å². The highest BCUT2D eigenvalue weighted by Crippen LogP contribution is 2.61. The molecule has 0 aliphatic heterocycles. The number of nitrogens with zero attached hydrogens (tertiary/aromatic N) is 3. The smallest absolute Gasteiger partial charge is 0.339 e. The molecule has 0 unspecified atom stereocenters. The number of aryl methyl sites for hydroxylation is 2. The van der Waals surface area contributed by atoms with E-state index in [0.29, 0.717) is 16.3 Å². The Hall–Kier alpha value is -0.340. The first kappa shape index (κ1) is 27.9. The van der Waals surface area contributed by atoms with E-state index >= 15 is 0 Å². The maximum absolute atomic E-state index is 10.1. The minimum Gasteiger partial charge on any atom is -0.493 e. The summed E-state index contributed by atoms with van der Waals surface area (Å²) < 4.78 is 9.51. The number of hydrogen-bond acceptors (Lipinski definition) is 8. The van der Waals surface area contributed by atoms with Crippen LogP contribution in [0.2, 0.25) is 5.15 Å². The van der Waals surface area contributed by atoms with Crippen molar-refractivity contribution in [2.45, 2.75) is 13.8 Å². The molecule has 26 heavy (non-hydrogen) atoms. The molecule has 0 saturated carbocycles. The lowest BCUT2D eigenvalue weighted by molar-refractivity contribution is 0.112. The minimum atomic E-state index is -3.22. The van der Waals surface area contributed by atoms with Crippen molar-refractivity contribution in [2.75, 3.05) is 14.1 Å². The van der Waals surface area contributed by atoms with Gasteiger partial charge in [0, 0.05) is 14.1 Å². The Kier molecular flexibility index (Phi) is 15.7. The number of aromatic nitrogens is 2. The third kappa shape index (κ3) is 20.0. The molecule has 0 aromatic carbocycles. The Morgan fingerprint density at radius 1 is 1.23 bits per heavy atom. The molecule has 0 amide bonds. The molecule has 0 aliphatic carbocycles. The van der Waals surface area contributed by atoms with Crippen molar-refractivity contribution in [3.8, 4) is 5.88 Å². The highest BCUT2D eigenvalue weighted by molar-refractivity contribution is 8.24. The van der Waals surface area contributed by atoms with Gasteiger partial charge in [0.15, 0.2) is 11.4 Å². The summed E-state index contributed by atoms with van der Waals surface area (Å²) in [7, 11) is 3.88. The van der Waals surface area contributed by atoms with Crippen LogP contribution >= 0.6 is 73.2 Å². The second kappa shape index (κ2) is 14.7. The standard InChI is InChI=1S/C5H4ClNOS.C4H5NOS.C4H9N.Cl3OP/c1-3-7-5(6)4(2-8)9-3;1-3-5-4(6)2-7-3;1-4-5(2)3;1-5(2,3)4/h2H,1H3;2,6H,1H3;4H,1H2,2-3H3;. The largest absolute Gasteiger partial charge is 0.493 e. The maximum Gasteiger partial charge on any atom is 0.339 e. The first-order valence-electron chi connectivity index (χ1n) is 6.47. The molecule has 0 aliphatic rings. The summed E-state index contributed by atoms with van der Waals surface area (Å²) in [5.41, 5.74) is 0. The van der Waals surface area contributed by atoms with E-state index in [1.807, 2.05) is 32.8 Å². The molecule has 0 atom stereocenters. The van der Waals surface area contributed by atoms with Crippen LogP contribution < -0.4 is 0 Å². The van der Waals surface area contributed by atoms with Gasteiger partial charge >= 0.3 is 5.20 Å². The van der Waals surface area contributed by atoms with E-state index in [2.05, 4.69) is 50.3 Å². The lowest BCUT2D eigenvalue weighted by Crippen LogP contribution is -1.97. The number of thiazole rings is 2. The molecule has 0 radical (unpaired) electrons. The van der Waals surface area contributed by atoms with Crippen molar-refractivity contribution in [2.24, 2.45) is 0 Å².